The molecule has 104 valence electrons. The van der Waals surface area contributed by atoms with E-state index in [1.54, 1.807) is 0 Å². The predicted molar refractivity (Wildman–Crippen MR) is 62.9 cm³/mol. The van der Waals surface area contributed by atoms with Gasteiger partial charge in [-0.25, -0.2) is 4.79 Å². The summed E-state index contributed by atoms with van der Waals surface area (Å²) in [5.41, 5.74) is -0.144. The zero-order valence-electron chi connectivity index (χ0n) is 10.5. The van der Waals surface area contributed by atoms with Crippen molar-refractivity contribution in [2.24, 2.45) is 0 Å². The van der Waals surface area contributed by atoms with Gasteiger partial charge in [-0.1, -0.05) is 0 Å². The van der Waals surface area contributed by atoms with E-state index in [1.807, 2.05) is 0 Å². The number of hydrogen-bond donors (Lipinski definition) is 0. The third-order valence-corrected chi connectivity index (χ3v) is 2.04. The number of esters is 1. The van der Waals surface area contributed by atoms with Crippen LogP contribution in [0.3, 0.4) is 0 Å². The Kier molecular flexibility index (Phi) is 5.71. The van der Waals surface area contributed by atoms with E-state index in [1.165, 1.54) is 26.4 Å². The summed E-state index contributed by atoms with van der Waals surface area (Å²) in [6.07, 6.45) is 0. The minimum absolute atomic E-state index is 0.0113. The molecule has 0 heterocycles. The molecule has 0 saturated carbocycles. The van der Waals surface area contributed by atoms with Crippen molar-refractivity contribution in [1.82, 2.24) is 0 Å². The molecule has 1 rings (SSSR count). The molecule has 8 heteroatoms. The highest BCUT2D eigenvalue weighted by Crippen LogP contribution is 2.25. The van der Waals surface area contributed by atoms with Gasteiger partial charge >= 0.3 is 5.97 Å². The molecule has 19 heavy (non-hydrogen) atoms. The van der Waals surface area contributed by atoms with Gasteiger partial charge in [-0.2, -0.15) is 0 Å². The molecule has 0 atom stereocenters. The van der Waals surface area contributed by atoms with Gasteiger partial charge in [-0.3, -0.25) is 10.1 Å². The van der Waals surface area contributed by atoms with Gasteiger partial charge in [-0.05, 0) is 6.07 Å². The molecule has 0 saturated heterocycles. The number of non-ortho nitro benzene ring substituents is 1. The molecular formula is C11H13NO7. The molecule has 0 amide bonds. The van der Waals surface area contributed by atoms with Crippen molar-refractivity contribution in [2.45, 2.75) is 0 Å². The van der Waals surface area contributed by atoms with Gasteiger partial charge in [0.05, 0.1) is 11.0 Å². The minimum Gasteiger partial charge on any atom is -0.466 e. The van der Waals surface area contributed by atoms with E-state index in [0.29, 0.717) is 0 Å². The molecule has 0 aliphatic carbocycles. The Morgan fingerprint density at radius 1 is 1.26 bits per heavy atom. The van der Waals surface area contributed by atoms with E-state index in [9.17, 15) is 14.9 Å². The van der Waals surface area contributed by atoms with Crippen LogP contribution in [0.1, 0.15) is 10.4 Å². The summed E-state index contributed by atoms with van der Waals surface area (Å²) in [6.45, 7) is -0.370. The van der Waals surface area contributed by atoms with Crippen molar-refractivity contribution in [3.8, 4) is 5.75 Å². The molecule has 0 aromatic heterocycles. The van der Waals surface area contributed by atoms with Crippen LogP contribution < -0.4 is 4.74 Å². The summed E-state index contributed by atoms with van der Waals surface area (Å²) in [4.78, 5) is 21.7. The number of carbonyl (C=O) groups excluding carboxylic acids is 1. The predicted octanol–water partition coefficient (Wildman–Crippen LogP) is 1.34. The van der Waals surface area contributed by atoms with Crippen molar-refractivity contribution in [3.63, 3.8) is 0 Å². The number of rotatable bonds is 7. The quantitative estimate of drug-likeness (QED) is 0.319. The molecular weight excluding hydrogens is 258 g/mol. The summed E-state index contributed by atoms with van der Waals surface area (Å²) in [6, 6.07) is 3.56. The van der Waals surface area contributed by atoms with Gasteiger partial charge in [0.15, 0.2) is 13.6 Å². The first kappa shape index (κ1) is 14.9. The van der Waals surface area contributed by atoms with Crippen LogP contribution in [0.4, 0.5) is 5.69 Å². The summed E-state index contributed by atoms with van der Waals surface area (Å²) >= 11 is 0. The number of nitrogens with zero attached hydrogens (tertiary/aromatic N) is 1. The van der Waals surface area contributed by atoms with Crippen LogP contribution in [0.15, 0.2) is 18.2 Å². The monoisotopic (exact) mass is 271 g/mol. The maximum absolute atomic E-state index is 11.7. The molecule has 1 aromatic rings. The van der Waals surface area contributed by atoms with E-state index in [2.05, 4.69) is 4.74 Å². The molecule has 0 fully saturated rings. The number of carbonyl (C=O) groups is 1. The maximum Gasteiger partial charge on any atom is 0.344 e. The highest BCUT2D eigenvalue weighted by atomic mass is 16.7. The summed E-state index contributed by atoms with van der Waals surface area (Å²) in [7, 11) is 2.76. The normalized spacial score (nSPS) is 10.0. The molecule has 0 radical (unpaired) electrons. The molecule has 0 aliphatic heterocycles. The third kappa shape index (κ3) is 4.19. The lowest BCUT2D eigenvalue weighted by atomic mass is 10.2. The SMILES string of the molecule is COCOC(=O)c1ccc([N+](=O)[O-])cc1OCOC. The number of hydrogen-bond acceptors (Lipinski definition) is 7. The van der Waals surface area contributed by atoms with Crippen LogP contribution >= 0.6 is 0 Å². The van der Waals surface area contributed by atoms with Crippen LogP contribution in [0, 0.1) is 10.1 Å². The first-order valence-corrected chi connectivity index (χ1v) is 5.16. The highest BCUT2D eigenvalue weighted by molar-refractivity contribution is 5.92. The molecule has 0 aliphatic rings. The van der Waals surface area contributed by atoms with Gasteiger partial charge in [0.2, 0.25) is 0 Å². The van der Waals surface area contributed by atoms with Gasteiger partial charge in [0.25, 0.3) is 5.69 Å². The van der Waals surface area contributed by atoms with Crippen LogP contribution in [-0.4, -0.2) is 38.7 Å². The van der Waals surface area contributed by atoms with E-state index >= 15 is 0 Å². The molecule has 0 unspecified atom stereocenters. The van der Waals surface area contributed by atoms with Crippen LogP contribution in [0.2, 0.25) is 0 Å². The van der Waals surface area contributed by atoms with Crippen LogP contribution in [0.5, 0.6) is 5.75 Å². The Morgan fingerprint density at radius 3 is 2.53 bits per heavy atom. The van der Waals surface area contributed by atoms with Crippen molar-refractivity contribution in [2.75, 3.05) is 27.8 Å². The molecule has 0 bridgehead atoms. The Labute approximate surface area is 109 Å². The van der Waals surface area contributed by atoms with Gasteiger partial charge in [-0.15, -0.1) is 0 Å². The van der Waals surface area contributed by atoms with Gasteiger partial charge in [0.1, 0.15) is 11.3 Å². The summed E-state index contributed by atoms with van der Waals surface area (Å²) in [5, 5.41) is 10.7. The fourth-order valence-electron chi connectivity index (χ4n) is 1.23. The zero-order chi connectivity index (χ0) is 14.3. The lowest BCUT2D eigenvalue weighted by molar-refractivity contribution is -0.385. The second kappa shape index (κ2) is 7.29. The van der Waals surface area contributed by atoms with Crippen molar-refractivity contribution in [3.05, 3.63) is 33.9 Å². The average molecular weight is 271 g/mol. The van der Waals surface area contributed by atoms with E-state index in [-0.39, 0.29) is 30.6 Å². The Balaban J connectivity index is 3.00. The number of nitro groups is 1. The Morgan fingerprint density at radius 2 is 1.95 bits per heavy atom. The first-order valence-electron chi connectivity index (χ1n) is 5.16. The number of methoxy groups -OCH3 is 2. The smallest absolute Gasteiger partial charge is 0.344 e. The Hall–Kier alpha value is -2.19. The maximum atomic E-state index is 11.7. The minimum atomic E-state index is -0.706. The average Bonchev–Trinajstić information content (AvgIpc) is 2.42. The van der Waals surface area contributed by atoms with Crippen molar-refractivity contribution in [1.29, 1.82) is 0 Å². The lowest BCUT2D eigenvalue weighted by Gasteiger charge is -2.10. The lowest BCUT2D eigenvalue weighted by Crippen LogP contribution is -2.11. The second-order valence-corrected chi connectivity index (χ2v) is 3.33. The molecule has 0 N–H and O–H groups in total. The largest absolute Gasteiger partial charge is 0.466 e. The van der Waals surface area contributed by atoms with Crippen molar-refractivity contribution >= 4 is 11.7 Å². The zero-order valence-corrected chi connectivity index (χ0v) is 10.5. The van der Waals surface area contributed by atoms with Crippen LogP contribution in [-0.2, 0) is 14.2 Å². The second-order valence-electron chi connectivity index (χ2n) is 3.33. The molecule has 1 aromatic carbocycles. The number of ether oxygens (including phenoxy) is 4. The molecule has 0 spiro atoms. The van der Waals surface area contributed by atoms with E-state index < -0.39 is 10.9 Å². The first-order chi connectivity index (χ1) is 9.10. The number of nitro benzene ring substituents is 1. The van der Waals surface area contributed by atoms with Crippen LogP contribution in [0.25, 0.3) is 0 Å². The summed E-state index contributed by atoms with van der Waals surface area (Å²) < 4.78 is 19.1. The fraction of sp³-hybridized carbons (Fsp3) is 0.364. The van der Waals surface area contributed by atoms with Crippen molar-refractivity contribution < 1.29 is 28.7 Å². The van der Waals surface area contributed by atoms with Gasteiger partial charge in [0, 0.05) is 20.3 Å². The highest BCUT2D eigenvalue weighted by Gasteiger charge is 2.18. The van der Waals surface area contributed by atoms with E-state index in [0.717, 1.165) is 6.07 Å². The fourth-order valence-corrected chi connectivity index (χ4v) is 1.23. The topological polar surface area (TPSA) is 97.1 Å². The Bertz CT molecular complexity index is 460. The molecule has 8 nitrogen and oxygen atoms in total. The summed E-state index contributed by atoms with van der Waals surface area (Å²) in [5.74, 6) is -0.694. The standard InChI is InChI=1S/C11H13NO7/c1-16-6-18-10-5-8(12(14)15)3-4-9(10)11(13)19-7-17-2/h3-5H,6-7H2,1-2H3. The van der Waals surface area contributed by atoms with E-state index in [4.69, 9.17) is 14.2 Å². The third-order valence-electron chi connectivity index (χ3n) is 2.04. The van der Waals surface area contributed by atoms with Gasteiger partial charge < -0.3 is 18.9 Å². The number of benzene rings is 1.